The zero-order chi connectivity index (χ0) is 14.9. The minimum Gasteiger partial charge on any atom is -0.495 e. The van der Waals surface area contributed by atoms with Gasteiger partial charge in [0.15, 0.2) is 0 Å². The van der Waals surface area contributed by atoms with Crippen molar-refractivity contribution in [3.05, 3.63) is 32.2 Å². The number of hydrogen-bond acceptors (Lipinski definition) is 4. The van der Waals surface area contributed by atoms with E-state index in [2.05, 4.69) is 31.9 Å². The maximum absolute atomic E-state index is 11.7. The lowest BCUT2D eigenvalue weighted by molar-refractivity contribution is -0.123. The Kier molecular flexibility index (Phi) is 4.24. The second kappa shape index (κ2) is 5.76. The molecule has 1 fully saturated rings. The molecule has 1 heterocycles. The first-order valence-corrected chi connectivity index (χ1v) is 6.92. The fourth-order valence-corrected chi connectivity index (χ4v) is 3.08. The molecule has 0 aromatic heterocycles. The van der Waals surface area contributed by atoms with E-state index in [1.165, 1.54) is 13.2 Å². The minimum atomic E-state index is -0.834. The van der Waals surface area contributed by atoms with E-state index >= 15 is 0 Å². The number of amides is 4. The van der Waals surface area contributed by atoms with Crippen LogP contribution in [0, 0.1) is 0 Å². The third kappa shape index (κ3) is 2.91. The first kappa shape index (κ1) is 14.7. The number of hydrogen-bond donors (Lipinski definition) is 2. The van der Waals surface area contributed by atoms with Crippen LogP contribution in [0.2, 0.25) is 0 Å². The number of carbonyl (C=O) groups excluding carboxylic acids is 3. The van der Waals surface area contributed by atoms with Gasteiger partial charge in [-0.1, -0.05) is 15.9 Å². The number of rotatable bonds is 2. The first-order valence-electron chi connectivity index (χ1n) is 5.33. The van der Waals surface area contributed by atoms with E-state index in [-0.39, 0.29) is 5.57 Å². The van der Waals surface area contributed by atoms with E-state index in [1.54, 1.807) is 12.1 Å². The van der Waals surface area contributed by atoms with Crippen LogP contribution in [-0.2, 0) is 9.59 Å². The first-order chi connectivity index (χ1) is 9.42. The molecule has 0 radical (unpaired) electrons. The number of benzene rings is 1. The third-order valence-corrected chi connectivity index (χ3v) is 3.53. The number of barbiturate groups is 1. The summed E-state index contributed by atoms with van der Waals surface area (Å²) in [5, 5.41) is 4.01. The number of methoxy groups -OCH3 is 1. The molecule has 0 unspecified atom stereocenters. The van der Waals surface area contributed by atoms with Crippen LogP contribution in [-0.4, -0.2) is 25.0 Å². The van der Waals surface area contributed by atoms with Gasteiger partial charge in [0.1, 0.15) is 11.3 Å². The molecule has 1 aromatic carbocycles. The topological polar surface area (TPSA) is 84.5 Å². The second-order valence-electron chi connectivity index (χ2n) is 3.81. The molecule has 1 aliphatic heterocycles. The molecular formula is C12H8Br2N2O4. The fourth-order valence-electron chi connectivity index (χ4n) is 1.66. The summed E-state index contributed by atoms with van der Waals surface area (Å²) in [5.41, 5.74) is 0.344. The van der Waals surface area contributed by atoms with Crippen molar-refractivity contribution in [3.8, 4) is 5.75 Å². The normalized spacial score (nSPS) is 14.8. The molecule has 0 bridgehead atoms. The second-order valence-corrected chi connectivity index (χ2v) is 5.58. The van der Waals surface area contributed by atoms with Crippen LogP contribution in [0.4, 0.5) is 4.79 Å². The fraction of sp³-hybridized carbons (Fsp3) is 0.0833. The van der Waals surface area contributed by atoms with E-state index < -0.39 is 17.8 Å². The molecule has 0 aliphatic carbocycles. The van der Waals surface area contributed by atoms with Gasteiger partial charge >= 0.3 is 6.03 Å². The van der Waals surface area contributed by atoms with Crippen LogP contribution in [0.5, 0.6) is 5.75 Å². The van der Waals surface area contributed by atoms with Crippen molar-refractivity contribution in [2.45, 2.75) is 0 Å². The van der Waals surface area contributed by atoms with Crippen molar-refractivity contribution in [1.82, 2.24) is 10.6 Å². The van der Waals surface area contributed by atoms with E-state index in [1.807, 2.05) is 10.6 Å². The zero-order valence-corrected chi connectivity index (χ0v) is 13.3. The summed E-state index contributed by atoms with van der Waals surface area (Å²) in [5.74, 6) is -1.04. The highest BCUT2D eigenvalue weighted by atomic mass is 79.9. The number of ether oxygens (including phenoxy) is 1. The molecule has 0 spiro atoms. The largest absolute Gasteiger partial charge is 0.495 e. The lowest BCUT2D eigenvalue weighted by atomic mass is 10.1. The van der Waals surface area contributed by atoms with E-state index in [0.717, 1.165) is 4.47 Å². The van der Waals surface area contributed by atoms with Crippen molar-refractivity contribution in [1.29, 1.82) is 0 Å². The lowest BCUT2D eigenvalue weighted by Gasteiger charge is -2.15. The van der Waals surface area contributed by atoms with Crippen LogP contribution in [0.1, 0.15) is 5.56 Å². The monoisotopic (exact) mass is 402 g/mol. The Morgan fingerprint density at radius 2 is 1.70 bits per heavy atom. The highest BCUT2D eigenvalue weighted by Gasteiger charge is 2.28. The number of nitrogens with one attached hydrogen (secondary N) is 2. The summed E-state index contributed by atoms with van der Waals surface area (Å²) >= 11 is 6.63. The average Bonchev–Trinajstić information content (AvgIpc) is 2.33. The predicted octanol–water partition coefficient (Wildman–Crippen LogP) is 1.97. The van der Waals surface area contributed by atoms with Gasteiger partial charge in [-0.25, -0.2) is 4.79 Å². The lowest BCUT2D eigenvalue weighted by Crippen LogP contribution is -2.51. The number of imide groups is 2. The van der Waals surface area contributed by atoms with Crippen LogP contribution in [0.15, 0.2) is 26.7 Å². The molecule has 104 valence electrons. The van der Waals surface area contributed by atoms with Gasteiger partial charge in [0.25, 0.3) is 11.8 Å². The van der Waals surface area contributed by atoms with Crippen LogP contribution < -0.4 is 15.4 Å². The Labute approximate surface area is 130 Å². The van der Waals surface area contributed by atoms with Crippen molar-refractivity contribution >= 4 is 55.8 Å². The molecule has 2 rings (SSSR count). The van der Waals surface area contributed by atoms with Gasteiger partial charge in [0.2, 0.25) is 0 Å². The molecule has 20 heavy (non-hydrogen) atoms. The van der Waals surface area contributed by atoms with Crippen LogP contribution in [0.3, 0.4) is 0 Å². The molecule has 0 atom stereocenters. The number of halogens is 2. The quantitative estimate of drug-likeness (QED) is 0.584. The van der Waals surface area contributed by atoms with Crippen molar-refractivity contribution in [2.75, 3.05) is 7.11 Å². The van der Waals surface area contributed by atoms with Crippen molar-refractivity contribution in [2.24, 2.45) is 0 Å². The van der Waals surface area contributed by atoms with Crippen molar-refractivity contribution in [3.63, 3.8) is 0 Å². The van der Waals surface area contributed by atoms with Gasteiger partial charge < -0.3 is 4.74 Å². The smallest absolute Gasteiger partial charge is 0.328 e. The Hall–Kier alpha value is -1.67. The van der Waals surface area contributed by atoms with E-state index in [4.69, 9.17) is 4.74 Å². The SMILES string of the molecule is COc1c(Br)cc(Br)cc1C=C1C(=O)NC(=O)NC1=O. The summed E-state index contributed by atoms with van der Waals surface area (Å²) in [4.78, 5) is 34.3. The Balaban J connectivity index is 2.52. The Bertz CT molecular complexity index is 633. The molecule has 2 N–H and O–H groups in total. The third-order valence-electron chi connectivity index (χ3n) is 2.48. The molecular weight excluding hydrogens is 396 g/mol. The van der Waals surface area contributed by atoms with Gasteiger partial charge in [-0.2, -0.15) is 0 Å². The summed E-state index contributed by atoms with van der Waals surface area (Å²) in [6.07, 6.45) is 1.35. The predicted molar refractivity (Wildman–Crippen MR) is 78.1 cm³/mol. The van der Waals surface area contributed by atoms with Gasteiger partial charge in [0, 0.05) is 10.0 Å². The summed E-state index contributed by atoms with van der Waals surface area (Å²) in [7, 11) is 1.47. The number of carbonyl (C=O) groups is 3. The van der Waals surface area contributed by atoms with E-state index in [9.17, 15) is 14.4 Å². The zero-order valence-electron chi connectivity index (χ0n) is 10.1. The molecule has 1 saturated heterocycles. The van der Waals surface area contributed by atoms with Gasteiger partial charge in [0.05, 0.1) is 11.6 Å². The van der Waals surface area contributed by atoms with Crippen LogP contribution in [0.25, 0.3) is 6.08 Å². The number of urea groups is 1. The van der Waals surface area contributed by atoms with Gasteiger partial charge in [-0.15, -0.1) is 0 Å². The minimum absolute atomic E-state index is 0.173. The summed E-state index contributed by atoms with van der Waals surface area (Å²) < 4.78 is 6.62. The maximum Gasteiger partial charge on any atom is 0.328 e. The molecule has 4 amide bonds. The average molecular weight is 404 g/mol. The van der Waals surface area contributed by atoms with Gasteiger partial charge in [-0.3, -0.25) is 20.2 Å². The molecule has 1 aliphatic rings. The maximum atomic E-state index is 11.7. The standard InChI is InChI=1S/C12H8Br2N2O4/c1-20-9-5(2-6(13)4-8(9)14)3-7-10(17)15-12(19)16-11(7)18/h2-4H,1H3,(H2,15,16,17,18,19). The highest BCUT2D eigenvalue weighted by molar-refractivity contribution is 9.11. The van der Waals surface area contributed by atoms with E-state index in [0.29, 0.717) is 15.8 Å². The van der Waals surface area contributed by atoms with Crippen molar-refractivity contribution < 1.29 is 19.1 Å². The molecule has 8 heteroatoms. The molecule has 0 saturated carbocycles. The summed E-state index contributed by atoms with van der Waals surface area (Å²) in [6, 6.07) is 2.62. The summed E-state index contributed by atoms with van der Waals surface area (Å²) in [6.45, 7) is 0. The molecule has 6 nitrogen and oxygen atoms in total. The highest BCUT2D eigenvalue weighted by Crippen LogP contribution is 2.34. The Morgan fingerprint density at radius 1 is 1.10 bits per heavy atom. The van der Waals surface area contributed by atoms with Gasteiger partial charge in [-0.05, 0) is 34.1 Å². The Morgan fingerprint density at radius 3 is 2.25 bits per heavy atom. The van der Waals surface area contributed by atoms with Crippen LogP contribution >= 0.6 is 31.9 Å². The molecule has 1 aromatic rings.